The lowest BCUT2D eigenvalue weighted by Crippen LogP contribution is -2.51. The first-order valence-corrected chi connectivity index (χ1v) is 11.3. The number of hydrogen-bond donors (Lipinski definition) is 0. The first kappa shape index (κ1) is 20.7. The molecule has 1 fully saturated rings. The highest BCUT2D eigenvalue weighted by atomic mass is 16.5. The molecular formula is C27H29N3O2. The molecule has 2 aliphatic rings. The molecule has 0 atom stereocenters. The van der Waals surface area contributed by atoms with E-state index in [1.54, 1.807) is 0 Å². The fourth-order valence-corrected chi connectivity index (χ4v) is 4.95. The summed E-state index contributed by atoms with van der Waals surface area (Å²) < 4.78 is 6.55. The summed E-state index contributed by atoms with van der Waals surface area (Å²) in [6, 6.07) is 14.6. The highest BCUT2D eigenvalue weighted by Gasteiger charge is 2.43. The maximum absolute atomic E-state index is 13.0. The lowest BCUT2D eigenvalue weighted by Gasteiger charge is -2.44. The van der Waals surface area contributed by atoms with Gasteiger partial charge < -0.3 is 9.64 Å². The molecular weight excluding hydrogens is 398 g/mol. The van der Waals surface area contributed by atoms with Crippen LogP contribution in [0.15, 0.2) is 42.5 Å². The number of hydrogen-bond acceptors (Lipinski definition) is 5. The van der Waals surface area contributed by atoms with Crippen LogP contribution in [-0.4, -0.2) is 34.4 Å². The van der Waals surface area contributed by atoms with Crippen molar-refractivity contribution < 1.29 is 9.53 Å². The molecule has 1 aromatic heterocycles. The quantitative estimate of drug-likeness (QED) is 0.549. The highest BCUT2D eigenvalue weighted by molar-refractivity contribution is 6.01. The van der Waals surface area contributed by atoms with Crippen LogP contribution in [0.25, 0.3) is 11.3 Å². The van der Waals surface area contributed by atoms with E-state index in [2.05, 4.69) is 53.2 Å². The Morgan fingerprint density at radius 2 is 1.62 bits per heavy atom. The topological polar surface area (TPSA) is 55.3 Å². The second kappa shape index (κ2) is 7.73. The molecule has 2 aromatic carbocycles. The van der Waals surface area contributed by atoms with Crippen LogP contribution >= 0.6 is 0 Å². The van der Waals surface area contributed by atoms with Crippen molar-refractivity contribution in [1.82, 2.24) is 9.97 Å². The summed E-state index contributed by atoms with van der Waals surface area (Å²) in [5, 5.41) is 0. The third-order valence-corrected chi connectivity index (χ3v) is 6.69. The number of piperidine rings is 1. The molecule has 1 spiro atoms. The van der Waals surface area contributed by atoms with E-state index in [1.807, 2.05) is 26.8 Å². The Morgan fingerprint density at radius 3 is 2.34 bits per heavy atom. The lowest BCUT2D eigenvalue weighted by molar-refractivity contribution is 0.0225. The van der Waals surface area contributed by atoms with Gasteiger partial charge in [-0.1, -0.05) is 35.9 Å². The van der Waals surface area contributed by atoms with Crippen molar-refractivity contribution in [3.8, 4) is 17.0 Å². The van der Waals surface area contributed by atoms with E-state index in [-0.39, 0.29) is 5.78 Å². The van der Waals surface area contributed by atoms with Gasteiger partial charge in [0, 0.05) is 37.6 Å². The molecule has 32 heavy (non-hydrogen) atoms. The number of nitrogens with zero attached hydrogens (tertiary/aromatic N) is 3. The smallest absolute Gasteiger partial charge is 0.170 e. The van der Waals surface area contributed by atoms with Crippen molar-refractivity contribution in [2.45, 2.75) is 52.6 Å². The predicted octanol–water partition coefficient (Wildman–Crippen LogP) is 5.38. The maximum atomic E-state index is 13.0. The van der Waals surface area contributed by atoms with Crippen LogP contribution in [-0.2, 0) is 0 Å². The molecule has 0 unspecified atom stereocenters. The fourth-order valence-electron chi connectivity index (χ4n) is 4.95. The Kier molecular flexibility index (Phi) is 5.00. The first-order chi connectivity index (χ1) is 15.3. The largest absolute Gasteiger partial charge is 0.486 e. The van der Waals surface area contributed by atoms with Gasteiger partial charge in [-0.05, 0) is 44.9 Å². The zero-order valence-electron chi connectivity index (χ0n) is 19.2. The minimum Gasteiger partial charge on any atom is -0.486 e. The van der Waals surface area contributed by atoms with E-state index in [4.69, 9.17) is 9.72 Å². The van der Waals surface area contributed by atoms with E-state index in [9.17, 15) is 4.79 Å². The molecule has 164 valence electrons. The van der Waals surface area contributed by atoms with Crippen LogP contribution in [0.5, 0.6) is 5.75 Å². The second-order valence-electron chi connectivity index (χ2n) is 9.36. The highest BCUT2D eigenvalue weighted by Crippen LogP contribution is 2.42. The van der Waals surface area contributed by atoms with E-state index < -0.39 is 5.60 Å². The standard InChI is InChI=1S/C27H29N3O2/c1-17-5-7-21(8-6-17)23-15-25(29-20(4)28-23)30-11-9-27(10-12-30)16-24(31)22-14-18(2)13-19(3)26(22)32-27/h5-8,13-15H,9-12,16H2,1-4H3. The number of rotatable bonds is 2. The van der Waals surface area contributed by atoms with E-state index >= 15 is 0 Å². The molecule has 5 rings (SSSR count). The molecule has 0 aliphatic carbocycles. The second-order valence-corrected chi connectivity index (χ2v) is 9.36. The number of anilines is 1. The predicted molar refractivity (Wildman–Crippen MR) is 127 cm³/mol. The summed E-state index contributed by atoms with van der Waals surface area (Å²) >= 11 is 0. The Bertz CT molecular complexity index is 1190. The van der Waals surface area contributed by atoms with E-state index in [0.717, 1.165) is 71.3 Å². The zero-order chi connectivity index (χ0) is 22.5. The molecule has 3 aromatic rings. The Morgan fingerprint density at radius 1 is 0.906 bits per heavy atom. The normalized spacial score (nSPS) is 17.2. The average Bonchev–Trinajstić information content (AvgIpc) is 2.75. The number of Topliss-reactive ketones (excluding diaryl/α,β-unsaturated/α-hetero) is 1. The molecule has 0 saturated carbocycles. The number of benzene rings is 2. The van der Waals surface area contributed by atoms with Crippen molar-refractivity contribution in [2.75, 3.05) is 18.0 Å². The van der Waals surface area contributed by atoms with Gasteiger partial charge in [-0.2, -0.15) is 0 Å². The van der Waals surface area contributed by atoms with E-state index in [1.165, 1.54) is 5.56 Å². The monoisotopic (exact) mass is 427 g/mol. The summed E-state index contributed by atoms with van der Waals surface area (Å²) in [7, 11) is 0. The summed E-state index contributed by atoms with van der Waals surface area (Å²) in [5.41, 5.74) is 5.75. The Hall–Kier alpha value is -3.21. The molecule has 3 heterocycles. The molecule has 5 nitrogen and oxygen atoms in total. The summed E-state index contributed by atoms with van der Waals surface area (Å²) in [6.45, 7) is 9.69. The van der Waals surface area contributed by atoms with Crippen LogP contribution in [0, 0.1) is 27.7 Å². The van der Waals surface area contributed by atoms with E-state index in [0.29, 0.717) is 6.42 Å². The SMILES string of the molecule is Cc1ccc(-c2cc(N3CCC4(CC3)CC(=O)c3cc(C)cc(C)c3O4)nc(C)n2)cc1. The van der Waals surface area contributed by atoms with Gasteiger partial charge in [-0.25, -0.2) is 9.97 Å². The third kappa shape index (κ3) is 3.77. The van der Waals surface area contributed by atoms with Crippen LogP contribution < -0.4 is 9.64 Å². The maximum Gasteiger partial charge on any atom is 0.170 e. The van der Waals surface area contributed by atoms with Gasteiger partial charge >= 0.3 is 0 Å². The van der Waals surface area contributed by atoms with Gasteiger partial charge in [-0.15, -0.1) is 0 Å². The summed E-state index contributed by atoms with van der Waals surface area (Å²) in [6.07, 6.45) is 2.05. The van der Waals surface area contributed by atoms with Crippen molar-refractivity contribution >= 4 is 11.6 Å². The van der Waals surface area contributed by atoms with Gasteiger partial charge in [0.05, 0.1) is 17.7 Å². The number of carbonyl (C=O) groups excluding carboxylic acids is 1. The van der Waals surface area contributed by atoms with Gasteiger partial charge in [-0.3, -0.25) is 4.79 Å². The molecule has 5 heteroatoms. The summed E-state index contributed by atoms with van der Waals surface area (Å²) in [4.78, 5) is 24.6. The van der Waals surface area contributed by atoms with Crippen LogP contribution in [0.3, 0.4) is 0 Å². The van der Waals surface area contributed by atoms with Crippen LogP contribution in [0.4, 0.5) is 5.82 Å². The van der Waals surface area contributed by atoms with Gasteiger partial charge in [0.2, 0.25) is 0 Å². The number of aromatic nitrogens is 2. The number of ketones is 1. The van der Waals surface area contributed by atoms with Crippen molar-refractivity contribution in [2.24, 2.45) is 0 Å². The van der Waals surface area contributed by atoms with Crippen molar-refractivity contribution in [1.29, 1.82) is 0 Å². The number of fused-ring (bicyclic) bond motifs is 1. The zero-order valence-corrected chi connectivity index (χ0v) is 19.2. The van der Waals surface area contributed by atoms with Gasteiger partial charge in [0.1, 0.15) is 23.0 Å². The molecule has 0 bridgehead atoms. The molecule has 0 radical (unpaired) electrons. The lowest BCUT2D eigenvalue weighted by atomic mass is 9.81. The Balaban J connectivity index is 1.37. The fraction of sp³-hybridized carbons (Fsp3) is 0.370. The Labute approximate surface area is 189 Å². The molecule has 2 aliphatic heterocycles. The van der Waals surface area contributed by atoms with Gasteiger partial charge in [0.15, 0.2) is 5.78 Å². The summed E-state index contributed by atoms with van der Waals surface area (Å²) in [5.74, 6) is 2.69. The van der Waals surface area contributed by atoms with Crippen LogP contribution in [0.2, 0.25) is 0 Å². The first-order valence-electron chi connectivity index (χ1n) is 11.3. The number of ether oxygens (including phenoxy) is 1. The molecule has 1 saturated heterocycles. The van der Waals surface area contributed by atoms with Crippen molar-refractivity contribution in [3.63, 3.8) is 0 Å². The van der Waals surface area contributed by atoms with Gasteiger partial charge in [0.25, 0.3) is 0 Å². The minimum atomic E-state index is -0.414. The number of aryl methyl sites for hydroxylation is 4. The minimum absolute atomic E-state index is 0.200. The molecule has 0 amide bonds. The van der Waals surface area contributed by atoms with Crippen LogP contribution in [0.1, 0.15) is 52.1 Å². The average molecular weight is 428 g/mol. The third-order valence-electron chi connectivity index (χ3n) is 6.69. The number of carbonyl (C=O) groups is 1. The molecule has 0 N–H and O–H groups in total. The van der Waals surface area contributed by atoms with Crippen molar-refractivity contribution in [3.05, 3.63) is 70.5 Å².